The number of hydrogen-bond acceptors (Lipinski definition) is 3. The zero-order chi connectivity index (χ0) is 28.6. The summed E-state index contributed by atoms with van der Waals surface area (Å²) in [5, 5.41) is 2.30. The van der Waals surface area contributed by atoms with Crippen molar-refractivity contribution in [3.63, 3.8) is 0 Å². The van der Waals surface area contributed by atoms with Crippen LogP contribution in [0, 0.1) is 0 Å². The van der Waals surface area contributed by atoms with Gasteiger partial charge < -0.3 is 0 Å². The minimum absolute atomic E-state index is 0.736. The molecule has 8 rings (SSSR count). The highest BCUT2D eigenvalue weighted by Gasteiger charge is 2.18. The number of hydrogen-bond donors (Lipinski definition) is 0. The van der Waals surface area contributed by atoms with Crippen molar-refractivity contribution in [1.82, 2.24) is 9.97 Å². The molecule has 0 atom stereocenters. The Labute approximate surface area is 254 Å². The Morgan fingerprint density at radius 3 is 1.44 bits per heavy atom. The number of rotatable bonds is 5. The van der Waals surface area contributed by atoms with Gasteiger partial charge in [0.25, 0.3) is 0 Å². The van der Waals surface area contributed by atoms with Crippen molar-refractivity contribution >= 4 is 31.6 Å². The average Bonchev–Trinajstić information content (AvgIpc) is 3.47. The Kier molecular flexibility index (Phi) is 6.36. The molecular weight excluding hydrogens is 541 g/mol. The van der Waals surface area contributed by atoms with E-state index in [2.05, 4.69) is 152 Å². The number of aromatic nitrogens is 2. The highest BCUT2D eigenvalue weighted by atomic mass is 32.1. The maximum atomic E-state index is 5.33. The Balaban J connectivity index is 1.37. The Morgan fingerprint density at radius 1 is 0.372 bits per heavy atom. The van der Waals surface area contributed by atoms with Crippen LogP contribution in [0.4, 0.5) is 0 Å². The highest BCUT2D eigenvalue weighted by molar-refractivity contribution is 7.25. The molecule has 0 fully saturated rings. The molecule has 8 aromatic rings. The van der Waals surface area contributed by atoms with Gasteiger partial charge in [-0.25, -0.2) is 9.97 Å². The van der Waals surface area contributed by atoms with E-state index in [1.165, 1.54) is 32.3 Å². The van der Waals surface area contributed by atoms with Gasteiger partial charge in [0.05, 0.1) is 5.69 Å². The molecule has 0 aliphatic rings. The topological polar surface area (TPSA) is 25.8 Å². The molecular formula is C40H26N2S. The van der Waals surface area contributed by atoms with Gasteiger partial charge in [-0.2, -0.15) is 0 Å². The molecule has 0 amide bonds. The number of fused-ring (bicyclic) bond motifs is 3. The Bertz CT molecular complexity index is 2140. The second-order valence-electron chi connectivity index (χ2n) is 10.6. The standard InChI is InChI=1S/C40H26N2S/c1-4-12-27(13-5-1)30-20-22-31(23-21-30)39-41-38(37-35-18-10-11-19-36(35)43-40(37)42-39)34-25-32(28-14-6-2-7-15-28)24-33(26-34)29-16-8-3-9-17-29/h1-26H. The van der Waals surface area contributed by atoms with E-state index < -0.39 is 0 Å². The van der Waals surface area contributed by atoms with Gasteiger partial charge in [0.15, 0.2) is 5.82 Å². The van der Waals surface area contributed by atoms with Gasteiger partial charge >= 0.3 is 0 Å². The lowest BCUT2D eigenvalue weighted by molar-refractivity contribution is 1.24. The summed E-state index contributed by atoms with van der Waals surface area (Å²) in [5.41, 5.74) is 10.1. The van der Waals surface area contributed by atoms with E-state index in [0.29, 0.717) is 0 Å². The molecule has 2 nitrogen and oxygen atoms in total. The zero-order valence-corrected chi connectivity index (χ0v) is 24.1. The summed E-state index contributed by atoms with van der Waals surface area (Å²) >= 11 is 1.73. The SMILES string of the molecule is c1ccc(-c2ccc(-c3nc(-c4cc(-c5ccccc5)cc(-c5ccccc5)c4)c4c(n3)sc3ccccc34)cc2)cc1. The van der Waals surface area contributed by atoms with Crippen molar-refractivity contribution in [3.05, 3.63) is 158 Å². The van der Waals surface area contributed by atoms with Crippen molar-refractivity contribution < 1.29 is 0 Å². The van der Waals surface area contributed by atoms with Crippen molar-refractivity contribution in [3.8, 4) is 56.0 Å². The second kappa shape index (κ2) is 10.8. The van der Waals surface area contributed by atoms with Gasteiger partial charge in [0, 0.05) is 26.6 Å². The summed E-state index contributed by atoms with van der Waals surface area (Å²) < 4.78 is 1.21. The van der Waals surface area contributed by atoms with E-state index in [1.54, 1.807) is 11.3 Å². The van der Waals surface area contributed by atoms with E-state index in [0.717, 1.165) is 44.0 Å². The molecule has 202 valence electrons. The van der Waals surface area contributed by atoms with Crippen molar-refractivity contribution in [2.24, 2.45) is 0 Å². The van der Waals surface area contributed by atoms with Crippen LogP contribution in [0.3, 0.4) is 0 Å². The quantitative estimate of drug-likeness (QED) is 0.207. The van der Waals surface area contributed by atoms with E-state index in [1.807, 2.05) is 6.07 Å². The maximum Gasteiger partial charge on any atom is 0.161 e. The maximum absolute atomic E-state index is 5.33. The van der Waals surface area contributed by atoms with Gasteiger partial charge in [-0.1, -0.05) is 133 Å². The molecule has 0 saturated carbocycles. The summed E-state index contributed by atoms with van der Waals surface area (Å²) in [7, 11) is 0. The average molecular weight is 567 g/mol. The van der Waals surface area contributed by atoms with Crippen LogP contribution in [0.15, 0.2) is 158 Å². The third kappa shape index (κ3) is 4.80. The molecule has 0 saturated heterocycles. The number of benzene rings is 6. The van der Waals surface area contributed by atoms with E-state index in [4.69, 9.17) is 9.97 Å². The first kappa shape index (κ1) is 25.3. The van der Waals surface area contributed by atoms with Crippen molar-refractivity contribution in [2.75, 3.05) is 0 Å². The normalized spacial score (nSPS) is 11.3. The molecule has 0 aliphatic heterocycles. The van der Waals surface area contributed by atoms with Gasteiger partial charge in [0.1, 0.15) is 4.83 Å². The van der Waals surface area contributed by atoms with Crippen LogP contribution in [0.1, 0.15) is 0 Å². The molecule has 2 heterocycles. The minimum Gasteiger partial charge on any atom is -0.227 e. The number of thiophene rings is 1. The molecule has 6 aromatic carbocycles. The Morgan fingerprint density at radius 2 is 0.837 bits per heavy atom. The zero-order valence-electron chi connectivity index (χ0n) is 23.3. The summed E-state index contributed by atoms with van der Waals surface area (Å²) in [6.45, 7) is 0. The van der Waals surface area contributed by atoms with Crippen LogP contribution in [0.5, 0.6) is 0 Å². The minimum atomic E-state index is 0.736. The fourth-order valence-corrected chi connectivity index (χ4v) is 6.84. The molecule has 0 aliphatic carbocycles. The summed E-state index contributed by atoms with van der Waals surface area (Å²) in [6.07, 6.45) is 0. The van der Waals surface area contributed by atoms with E-state index in [-0.39, 0.29) is 0 Å². The molecule has 3 heteroatoms. The van der Waals surface area contributed by atoms with Gasteiger partial charge in [-0.15, -0.1) is 11.3 Å². The van der Waals surface area contributed by atoms with Crippen LogP contribution in [0.25, 0.3) is 76.3 Å². The third-order valence-electron chi connectivity index (χ3n) is 7.91. The first-order valence-electron chi connectivity index (χ1n) is 14.4. The molecule has 0 N–H and O–H groups in total. The first-order valence-corrected chi connectivity index (χ1v) is 15.2. The van der Waals surface area contributed by atoms with Crippen molar-refractivity contribution in [2.45, 2.75) is 0 Å². The molecule has 0 radical (unpaired) electrons. The Hall–Kier alpha value is -5.38. The van der Waals surface area contributed by atoms with Crippen LogP contribution in [0.2, 0.25) is 0 Å². The third-order valence-corrected chi connectivity index (χ3v) is 8.97. The largest absolute Gasteiger partial charge is 0.227 e. The predicted octanol–water partition coefficient (Wildman–Crippen LogP) is 11.2. The lowest BCUT2D eigenvalue weighted by Gasteiger charge is -2.13. The van der Waals surface area contributed by atoms with Gasteiger partial charge in [-0.05, 0) is 57.6 Å². The predicted molar refractivity (Wildman–Crippen MR) is 182 cm³/mol. The molecule has 0 spiro atoms. The smallest absolute Gasteiger partial charge is 0.161 e. The van der Waals surface area contributed by atoms with Gasteiger partial charge in [-0.3, -0.25) is 0 Å². The first-order chi connectivity index (χ1) is 21.3. The fraction of sp³-hybridized carbons (Fsp3) is 0. The monoisotopic (exact) mass is 566 g/mol. The lowest BCUT2D eigenvalue weighted by atomic mass is 9.94. The highest BCUT2D eigenvalue weighted by Crippen LogP contribution is 2.41. The van der Waals surface area contributed by atoms with E-state index >= 15 is 0 Å². The molecule has 0 bridgehead atoms. The van der Waals surface area contributed by atoms with Crippen LogP contribution in [-0.4, -0.2) is 9.97 Å². The van der Waals surface area contributed by atoms with E-state index in [9.17, 15) is 0 Å². The fourth-order valence-electron chi connectivity index (χ4n) is 5.76. The van der Waals surface area contributed by atoms with Crippen LogP contribution < -0.4 is 0 Å². The van der Waals surface area contributed by atoms with Crippen LogP contribution >= 0.6 is 11.3 Å². The number of nitrogens with zero attached hydrogens (tertiary/aromatic N) is 2. The van der Waals surface area contributed by atoms with Crippen LogP contribution in [-0.2, 0) is 0 Å². The second-order valence-corrected chi connectivity index (χ2v) is 11.7. The molecule has 0 unspecified atom stereocenters. The molecule has 43 heavy (non-hydrogen) atoms. The molecule has 2 aromatic heterocycles. The summed E-state index contributed by atoms with van der Waals surface area (Å²) in [5.74, 6) is 0.736. The summed E-state index contributed by atoms with van der Waals surface area (Å²) in [6, 6.07) is 55.6. The van der Waals surface area contributed by atoms with Crippen molar-refractivity contribution in [1.29, 1.82) is 0 Å². The van der Waals surface area contributed by atoms with Gasteiger partial charge in [0.2, 0.25) is 0 Å². The lowest BCUT2D eigenvalue weighted by Crippen LogP contribution is -1.95. The summed E-state index contributed by atoms with van der Waals surface area (Å²) in [4.78, 5) is 11.5.